The molecular formula is C10H15BrN2O2. The molecule has 0 aromatic carbocycles. The number of amides is 1. The molecule has 1 unspecified atom stereocenters. The normalized spacial score (nSPS) is 22.3. The Morgan fingerprint density at radius 3 is 3.20 bits per heavy atom. The topological polar surface area (TPSA) is 51.0 Å². The molecule has 0 saturated carbocycles. The zero-order chi connectivity index (χ0) is 11.1. The van der Waals surface area contributed by atoms with E-state index in [9.17, 15) is 4.79 Å². The van der Waals surface area contributed by atoms with Crippen LogP contribution in [0, 0.1) is 0 Å². The molecule has 4 nitrogen and oxygen atoms in total. The van der Waals surface area contributed by atoms with Crippen molar-refractivity contribution in [2.45, 2.75) is 37.4 Å². The number of rotatable bonds is 2. The van der Waals surface area contributed by atoms with Crippen molar-refractivity contribution in [3.8, 4) is 0 Å². The van der Waals surface area contributed by atoms with Gasteiger partial charge in [-0.05, 0) is 32.3 Å². The number of hydrogen-bond donors (Lipinski definition) is 0. The summed E-state index contributed by atoms with van der Waals surface area (Å²) in [6, 6.07) is 0. The van der Waals surface area contributed by atoms with Crippen molar-refractivity contribution in [2.75, 3.05) is 6.61 Å². The first-order valence-electron chi connectivity index (χ1n) is 5.15. The van der Waals surface area contributed by atoms with Gasteiger partial charge in [-0.15, -0.1) is 5.11 Å². The van der Waals surface area contributed by atoms with Gasteiger partial charge in [-0.1, -0.05) is 27.5 Å². The number of azo groups is 1. The molecular weight excluding hydrogens is 260 g/mol. The Kier molecular flexibility index (Phi) is 5.53. The molecule has 5 heteroatoms. The minimum atomic E-state index is -0.617. The molecule has 15 heavy (non-hydrogen) atoms. The molecule has 0 spiro atoms. The van der Waals surface area contributed by atoms with Crippen LogP contribution in [0.2, 0.25) is 0 Å². The first-order chi connectivity index (χ1) is 7.22. The molecule has 0 aromatic heterocycles. The number of alkyl halides is 1. The summed E-state index contributed by atoms with van der Waals surface area (Å²) in [5, 5.41) is 7.38. The van der Waals surface area contributed by atoms with Gasteiger partial charge in [0.25, 0.3) is 0 Å². The standard InChI is InChI=1S/C10H15BrN2O2/c1-2-15-10(14)13-12-9-6-4-3-5-8(11)7-9/h7-8H,2-6H2,1H3. The van der Waals surface area contributed by atoms with Gasteiger partial charge in [-0.3, -0.25) is 0 Å². The lowest BCUT2D eigenvalue weighted by Crippen LogP contribution is -1.96. The smallest absolute Gasteiger partial charge is 0.447 e. The van der Waals surface area contributed by atoms with Crippen LogP contribution in [0.15, 0.2) is 22.0 Å². The number of nitrogens with zero attached hydrogens (tertiary/aromatic N) is 2. The van der Waals surface area contributed by atoms with Crippen molar-refractivity contribution in [1.82, 2.24) is 0 Å². The summed E-state index contributed by atoms with van der Waals surface area (Å²) < 4.78 is 4.65. The monoisotopic (exact) mass is 274 g/mol. The predicted molar refractivity (Wildman–Crippen MR) is 61.1 cm³/mol. The van der Waals surface area contributed by atoms with Crippen LogP contribution in [0.25, 0.3) is 0 Å². The highest BCUT2D eigenvalue weighted by molar-refractivity contribution is 9.09. The molecule has 0 radical (unpaired) electrons. The molecule has 1 rings (SSSR count). The maximum atomic E-state index is 10.9. The summed E-state index contributed by atoms with van der Waals surface area (Å²) in [4.78, 5) is 11.3. The minimum Gasteiger partial charge on any atom is -0.447 e. The second-order valence-electron chi connectivity index (χ2n) is 3.32. The Balaban J connectivity index is 2.51. The fourth-order valence-electron chi connectivity index (χ4n) is 1.36. The van der Waals surface area contributed by atoms with Gasteiger partial charge >= 0.3 is 6.09 Å². The lowest BCUT2D eigenvalue weighted by Gasteiger charge is -1.98. The average molecular weight is 275 g/mol. The van der Waals surface area contributed by atoms with E-state index in [-0.39, 0.29) is 0 Å². The van der Waals surface area contributed by atoms with E-state index in [1.165, 1.54) is 6.42 Å². The Labute approximate surface area is 97.9 Å². The number of carbonyl (C=O) groups is 1. The Morgan fingerprint density at radius 1 is 1.67 bits per heavy atom. The van der Waals surface area contributed by atoms with Gasteiger partial charge in [0, 0.05) is 4.83 Å². The van der Waals surface area contributed by atoms with E-state index < -0.39 is 6.09 Å². The lowest BCUT2D eigenvalue weighted by molar-refractivity contribution is 0.161. The van der Waals surface area contributed by atoms with Gasteiger partial charge in [0.15, 0.2) is 0 Å². The highest BCUT2D eigenvalue weighted by Gasteiger charge is 2.09. The highest BCUT2D eigenvalue weighted by atomic mass is 79.9. The second kappa shape index (κ2) is 6.71. The van der Waals surface area contributed by atoms with Crippen molar-refractivity contribution in [1.29, 1.82) is 0 Å². The van der Waals surface area contributed by atoms with Crippen LogP contribution in [0.1, 0.15) is 32.6 Å². The van der Waals surface area contributed by atoms with Gasteiger partial charge in [0.2, 0.25) is 0 Å². The minimum absolute atomic E-state index is 0.331. The van der Waals surface area contributed by atoms with Crippen molar-refractivity contribution >= 4 is 22.0 Å². The third kappa shape index (κ3) is 5.06. The molecule has 84 valence electrons. The Hall–Kier alpha value is -0.710. The Bertz CT molecular complexity index is 277. The zero-order valence-electron chi connectivity index (χ0n) is 8.78. The maximum Gasteiger partial charge on any atom is 0.452 e. The second-order valence-corrected chi connectivity index (χ2v) is 4.49. The predicted octanol–water partition coefficient (Wildman–Crippen LogP) is 3.82. The molecule has 1 atom stereocenters. The molecule has 0 N–H and O–H groups in total. The highest BCUT2D eigenvalue weighted by Crippen LogP contribution is 2.23. The van der Waals surface area contributed by atoms with E-state index in [1.54, 1.807) is 6.92 Å². The molecule has 1 aliphatic rings. The fraction of sp³-hybridized carbons (Fsp3) is 0.700. The first kappa shape index (κ1) is 12.4. The molecule has 0 aromatic rings. The van der Waals surface area contributed by atoms with Crippen molar-refractivity contribution < 1.29 is 9.53 Å². The number of hydrogen-bond acceptors (Lipinski definition) is 3. The van der Waals surface area contributed by atoms with E-state index in [2.05, 4.69) is 30.9 Å². The van der Waals surface area contributed by atoms with Crippen molar-refractivity contribution in [2.24, 2.45) is 10.2 Å². The van der Waals surface area contributed by atoms with Crippen LogP contribution in [0.4, 0.5) is 4.79 Å². The van der Waals surface area contributed by atoms with Crippen molar-refractivity contribution in [3.63, 3.8) is 0 Å². The van der Waals surface area contributed by atoms with Crippen LogP contribution < -0.4 is 0 Å². The zero-order valence-corrected chi connectivity index (χ0v) is 10.4. The number of allylic oxidation sites excluding steroid dienone is 2. The van der Waals surface area contributed by atoms with Gasteiger partial charge in [0.05, 0.1) is 12.3 Å². The number of ether oxygens (including phenoxy) is 1. The average Bonchev–Trinajstić information content (AvgIpc) is 2.40. The maximum absolute atomic E-state index is 10.9. The molecule has 0 bridgehead atoms. The molecule has 0 aliphatic heterocycles. The van der Waals surface area contributed by atoms with Crippen molar-refractivity contribution in [3.05, 3.63) is 11.8 Å². The van der Waals surface area contributed by atoms with Crippen LogP contribution >= 0.6 is 15.9 Å². The van der Waals surface area contributed by atoms with Gasteiger partial charge in [0.1, 0.15) is 0 Å². The molecule has 1 aliphatic carbocycles. The van der Waals surface area contributed by atoms with Crippen LogP contribution in [0.5, 0.6) is 0 Å². The van der Waals surface area contributed by atoms with Crippen LogP contribution in [0.3, 0.4) is 0 Å². The first-order valence-corrected chi connectivity index (χ1v) is 6.07. The third-order valence-electron chi connectivity index (χ3n) is 2.06. The van der Waals surface area contributed by atoms with Gasteiger partial charge in [-0.2, -0.15) is 0 Å². The van der Waals surface area contributed by atoms with E-state index in [0.29, 0.717) is 11.4 Å². The SMILES string of the molecule is CCOC(=O)N=NC1=CC(Br)CCCC1. The van der Waals surface area contributed by atoms with E-state index >= 15 is 0 Å². The lowest BCUT2D eigenvalue weighted by atomic mass is 10.2. The summed E-state index contributed by atoms with van der Waals surface area (Å²) in [5.74, 6) is 0. The molecule has 0 heterocycles. The summed E-state index contributed by atoms with van der Waals surface area (Å²) >= 11 is 3.52. The van der Waals surface area contributed by atoms with E-state index in [1.807, 2.05) is 6.08 Å². The van der Waals surface area contributed by atoms with Crippen LogP contribution in [-0.2, 0) is 4.74 Å². The largest absolute Gasteiger partial charge is 0.452 e. The summed E-state index contributed by atoms with van der Waals surface area (Å²) in [5.41, 5.74) is 0.863. The molecule has 1 amide bonds. The summed E-state index contributed by atoms with van der Waals surface area (Å²) in [6.45, 7) is 2.07. The number of halogens is 1. The third-order valence-corrected chi connectivity index (χ3v) is 2.79. The summed E-state index contributed by atoms with van der Waals surface area (Å²) in [7, 11) is 0. The van der Waals surface area contributed by atoms with Crippen LogP contribution in [-0.4, -0.2) is 17.5 Å². The summed E-state index contributed by atoms with van der Waals surface area (Å²) in [6.07, 6.45) is 5.65. The van der Waals surface area contributed by atoms with Gasteiger partial charge in [-0.25, -0.2) is 4.79 Å². The molecule has 0 fully saturated rings. The number of carbonyl (C=O) groups excluding carboxylic acids is 1. The van der Waals surface area contributed by atoms with E-state index in [0.717, 1.165) is 25.0 Å². The fourth-order valence-corrected chi connectivity index (χ4v) is 1.99. The molecule has 0 saturated heterocycles. The van der Waals surface area contributed by atoms with E-state index in [4.69, 9.17) is 0 Å². The quantitative estimate of drug-likeness (QED) is 0.568. The van der Waals surface area contributed by atoms with Gasteiger partial charge < -0.3 is 4.74 Å². The Morgan fingerprint density at radius 2 is 2.47 bits per heavy atom.